The molecule has 0 aliphatic carbocycles. The first-order valence-corrected chi connectivity index (χ1v) is 6.87. The molecule has 1 unspecified atom stereocenters. The molecule has 0 saturated carbocycles. The number of aliphatic hydroxyl groups is 1. The molecule has 2 nitrogen and oxygen atoms in total. The van der Waals surface area contributed by atoms with E-state index in [-0.39, 0.29) is 12.0 Å². The summed E-state index contributed by atoms with van der Waals surface area (Å²) in [7, 11) is 0. The molecular formula is C14H22BrNO. The van der Waals surface area contributed by atoms with Crippen LogP contribution < -0.4 is 5.32 Å². The zero-order valence-corrected chi connectivity index (χ0v) is 12.4. The molecule has 1 aromatic rings. The van der Waals surface area contributed by atoms with Gasteiger partial charge in [0.1, 0.15) is 0 Å². The van der Waals surface area contributed by atoms with Gasteiger partial charge in [-0.1, -0.05) is 48.8 Å². The lowest BCUT2D eigenvalue weighted by Gasteiger charge is -2.26. The number of halogens is 1. The summed E-state index contributed by atoms with van der Waals surface area (Å²) in [5, 5.41) is 12.8. The van der Waals surface area contributed by atoms with E-state index in [9.17, 15) is 5.11 Å². The number of aliphatic hydroxyl groups excluding tert-OH is 1. The predicted octanol–water partition coefficient (Wildman–Crippen LogP) is 3.51. The molecule has 0 spiro atoms. The molecule has 1 rings (SSSR count). The van der Waals surface area contributed by atoms with Gasteiger partial charge in [-0.05, 0) is 24.1 Å². The van der Waals surface area contributed by atoms with Crippen molar-refractivity contribution in [2.24, 2.45) is 5.41 Å². The molecule has 0 bridgehead atoms. The van der Waals surface area contributed by atoms with E-state index in [0.29, 0.717) is 6.04 Å². The van der Waals surface area contributed by atoms with Gasteiger partial charge in [-0.3, -0.25) is 0 Å². The van der Waals surface area contributed by atoms with Crippen molar-refractivity contribution in [2.45, 2.75) is 33.2 Å². The van der Waals surface area contributed by atoms with Crippen molar-refractivity contribution in [3.8, 4) is 0 Å². The molecule has 2 N–H and O–H groups in total. The number of hydrogen-bond acceptors (Lipinski definition) is 2. The average Bonchev–Trinajstić information content (AvgIpc) is 2.32. The summed E-state index contributed by atoms with van der Waals surface area (Å²) in [5.74, 6) is 0. The first-order valence-electron chi connectivity index (χ1n) is 6.08. The first kappa shape index (κ1) is 14.7. The molecule has 17 heavy (non-hydrogen) atoms. The van der Waals surface area contributed by atoms with Crippen LogP contribution in [0.2, 0.25) is 0 Å². The van der Waals surface area contributed by atoms with Crippen molar-refractivity contribution in [2.75, 3.05) is 13.2 Å². The highest BCUT2D eigenvalue weighted by Gasteiger charge is 2.18. The van der Waals surface area contributed by atoms with Gasteiger partial charge in [0.15, 0.2) is 0 Å². The summed E-state index contributed by atoms with van der Waals surface area (Å²) in [5.41, 5.74) is 1.23. The maximum Gasteiger partial charge on any atom is 0.0494 e. The van der Waals surface area contributed by atoms with Gasteiger partial charge in [-0.15, -0.1) is 0 Å². The Morgan fingerprint density at radius 3 is 2.35 bits per heavy atom. The highest BCUT2D eigenvalue weighted by Crippen LogP contribution is 2.21. The van der Waals surface area contributed by atoms with E-state index in [0.717, 1.165) is 17.4 Å². The largest absolute Gasteiger partial charge is 0.396 e. The van der Waals surface area contributed by atoms with E-state index < -0.39 is 0 Å². The van der Waals surface area contributed by atoms with Gasteiger partial charge in [0.25, 0.3) is 0 Å². The van der Waals surface area contributed by atoms with Crippen LogP contribution in [0, 0.1) is 5.41 Å². The third-order valence-electron chi connectivity index (χ3n) is 2.94. The summed E-state index contributed by atoms with van der Waals surface area (Å²) < 4.78 is 1.10. The second-order valence-corrected chi connectivity index (χ2v) is 6.13. The minimum Gasteiger partial charge on any atom is -0.396 e. The van der Waals surface area contributed by atoms with Gasteiger partial charge in [-0.25, -0.2) is 0 Å². The lowest BCUT2D eigenvalue weighted by atomic mass is 9.93. The standard InChI is InChI=1S/C14H22BrNO/c1-4-13(16-9-14(2,3)10-17)11-5-7-12(15)8-6-11/h5-8,13,16-17H,4,9-10H2,1-3H3. The van der Waals surface area contributed by atoms with Crippen LogP contribution >= 0.6 is 15.9 Å². The fraction of sp³-hybridized carbons (Fsp3) is 0.571. The van der Waals surface area contributed by atoms with E-state index in [1.165, 1.54) is 5.56 Å². The van der Waals surface area contributed by atoms with E-state index >= 15 is 0 Å². The number of hydrogen-bond donors (Lipinski definition) is 2. The molecule has 96 valence electrons. The Morgan fingerprint density at radius 2 is 1.88 bits per heavy atom. The molecule has 0 aromatic heterocycles. The monoisotopic (exact) mass is 299 g/mol. The van der Waals surface area contributed by atoms with Gasteiger partial charge >= 0.3 is 0 Å². The number of nitrogens with one attached hydrogen (secondary N) is 1. The molecule has 1 aromatic carbocycles. The summed E-state index contributed by atoms with van der Waals surface area (Å²) in [6, 6.07) is 8.76. The van der Waals surface area contributed by atoms with E-state index in [1.807, 2.05) is 0 Å². The minimum atomic E-state index is -0.0667. The minimum absolute atomic E-state index is 0.0667. The Balaban J connectivity index is 2.63. The van der Waals surface area contributed by atoms with Crippen molar-refractivity contribution in [3.05, 3.63) is 34.3 Å². The Hall–Kier alpha value is -0.380. The van der Waals surface area contributed by atoms with Crippen LogP contribution in [-0.4, -0.2) is 18.3 Å². The smallest absolute Gasteiger partial charge is 0.0494 e. The van der Waals surface area contributed by atoms with Crippen LogP contribution in [0.4, 0.5) is 0 Å². The van der Waals surface area contributed by atoms with Crippen molar-refractivity contribution >= 4 is 15.9 Å². The van der Waals surface area contributed by atoms with Crippen LogP contribution in [0.1, 0.15) is 38.8 Å². The molecule has 0 aliphatic heterocycles. The van der Waals surface area contributed by atoms with Gasteiger partial charge in [-0.2, -0.15) is 0 Å². The maximum atomic E-state index is 9.24. The second kappa shape index (κ2) is 6.53. The molecular weight excluding hydrogens is 278 g/mol. The van der Waals surface area contributed by atoms with Crippen LogP contribution in [0.25, 0.3) is 0 Å². The SMILES string of the molecule is CCC(NCC(C)(C)CO)c1ccc(Br)cc1. The van der Waals surface area contributed by atoms with Crippen LogP contribution in [0.15, 0.2) is 28.7 Å². The number of rotatable bonds is 6. The van der Waals surface area contributed by atoms with E-state index in [2.05, 4.69) is 66.3 Å². The van der Waals surface area contributed by atoms with Gasteiger partial charge in [0.05, 0.1) is 0 Å². The zero-order chi connectivity index (χ0) is 12.9. The van der Waals surface area contributed by atoms with E-state index in [4.69, 9.17) is 0 Å². The molecule has 0 aliphatic rings. The summed E-state index contributed by atoms with van der Waals surface area (Å²) in [6.07, 6.45) is 1.04. The van der Waals surface area contributed by atoms with Crippen molar-refractivity contribution in [3.63, 3.8) is 0 Å². The van der Waals surface area contributed by atoms with Crippen molar-refractivity contribution in [1.29, 1.82) is 0 Å². The maximum absolute atomic E-state index is 9.24. The lowest BCUT2D eigenvalue weighted by Crippen LogP contribution is -2.34. The number of benzene rings is 1. The Labute approximate surface area is 113 Å². The molecule has 3 heteroatoms. The molecule has 0 amide bonds. The Bertz CT molecular complexity index is 335. The quantitative estimate of drug-likeness (QED) is 0.842. The predicted molar refractivity (Wildman–Crippen MR) is 76.0 cm³/mol. The third kappa shape index (κ3) is 4.78. The van der Waals surface area contributed by atoms with Gasteiger partial charge < -0.3 is 10.4 Å². The zero-order valence-electron chi connectivity index (χ0n) is 10.8. The normalized spacial score (nSPS) is 13.7. The molecule has 0 radical (unpaired) electrons. The summed E-state index contributed by atoms with van der Waals surface area (Å²) in [6.45, 7) is 7.32. The fourth-order valence-corrected chi connectivity index (χ4v) is 1.91. The molecule has 0 heterocycles. The Kier molecular flexibility index (Phi) is 5.63. The lowest BCUT2D eigenvalue weighted by molar-refractivity contribution is 0.152. The summed E-state index contributed by atoms with van der Waals surface area (Å²) in [4.78, 5) is 0. The van der Waals surface area contributed by atoms with Gasteiger partial charge in [0.2, 0.25) is 0 Å². The molecule has 0 fully saturated rings. The fourth-order valence-electron chi connectivity index (χ4n) is 1.65. The van der Waals surface area contributed by atoms with Crippen LogP contribution in [0.3, 0.4) is 0 Å². The van der Waals surface area contributed by atoms with Crippen molar-refractivity contribution < 1.29 is 5.11 Å². The summed E-state index contributed by atoms with van der Waals surface area (Å²) >= 11 is 3.44. The first-order chi connectivity index (χ1) is 7.98. The van der Waals surface area contributed by atoms with Gasteiger partial charge in [0, 0.05) is 29.1 Å². The van der Waals surface area contributed by atoms with Crippen LogP contribution in [0.5, 0.6) is 0 Å². The van der Waals surface area contributed by atoms with Crippen molar-refractivity contribution in [1.82, 2.24) is 5.32 Å². The average molecular weight is 300 g/mol. The second-order valence-electron chi connectivity index (χ2n) is 5.22. The highest BCUT2D eigenvalue weighted by molar-refractivity contribution is 9.10. The Morgan fingerprint density at radius 1 is 1.29 bits per heavy atom. The topological polar surface area (TPSA) is 32.3 Å². The third-order valence-corrected chi connectivity index (χ3v) is 3.46. The van der Waals surface area contributed by atoms with E-state index in [1.54, 1.807) is 0 Å². The highest BCUT2D eigenvalue weighted by atomic mass is 79.9. The molecule has 1 atom stereocenters. The molecule has 0 saturated heterocycles. The van der Waals surface area contributed by atoms with Crippen LogP contribution in [-0.2, 0) is 0 Å².